The third-order valence-corrected chi connectivity index (χ3v) is 4.84. The number of aliphatic imine (C=N–C) groups is 1. The van der Waals surface area contributed by atoms with Crippen LogP contribution in [0.2, 0.25) is 0 Å². The van der Waals surface area contributed by atoms with Crippen LogP contribution in [0.25, 0.3) is 0 Å². The molecule has 7 nitrogen and oxygen atoms in total. The molecule has 26 heavy (non-hydrogen) atoms. The van der Waals surface area contributed by atoms with E-state index in [0.29, 0.717) is 29.8 Å². The lowest BCUT2D eigenvalue weighted by Crippen LogP contribution is -2.38. The topological polar surface area (TPSA) is 92.7 Å². The third-order valence-electron chi connectivity index (χ3n) is 3.71. The highest BCUT2D eigenvalue weighted by Gasteiger charge is 2.06. The molecule has 0 amide bonds. The van der Waals surface area contributed by atoms with Gasteiger partial charge in [-0.05, 0) is 30.2 Å². The Morgan fingerprint density at radius 1 is 1.15 bits per heavy atom. The first-order valence-corrected chi connectivity index (χ1v) is 10.0. The van der Waals surface area contributed by atoms with Crippen LogP contribution >= 0.6 is 0 Å². The smallest absolute Gasteiger partial charge is 0.213 e. The average Bonchev–Trinajstić information content (AvgIpc) is 2.64. The summed E-state index contributed by atoms with van der Waals surface area (Å²) in [7, 11) is 0.134. The van der Waals surface area contributed by atoms with E-state index in [-0.39, 0.29) is 0 Å². The number of methoxy groups -OCH3 is 1. The second-order valence-electron chi connectivity index (χ2n) is 5.69. The van der Waals surface area contributed by atoms with Gasteiger partial charge in [0, 0.05) is 25.9 Å². The number of benzene rings is 1. The van der Waals surface area contributed by atoms with E-state index in [1.165, 1.54) is 6.26 Å². The van der Waals surface area contributed by atoms with Crippen LogP contribution < -0.4 is 15.4 Å². The van der Waals surface area contributed by atoms with Crippen LogP contribution in [0.3, 0.4) is 0 Å². The van der Waals surface area contributed by atoms with Crippen molar-refractivity contribution in [1.82, 2.24) is 15.6 Å². The molecule has 0 aliphatic rings. The first-order chi connectivity index (χ1) is 12.4. The normalized spacial score (nSPS) is 11.9. The van der Waals surface area contributed by atoms with Gasteiger partial charge in [-0.1, -0.05) is 18.2 Å². The molecule has 1 aromatic heterocycles. The summed E-state index contributed by atoms with van der Waals surface area (Å²) in [5.74, 6) is 1.24. The fraction of sp³-hybridized carbons (Fsp3) is 0.333. The van der Waals surface area contributed by atoms with Gasteiger partial charge < -0.3 is 15.4 Å². The lowest BCUT2D eigenvalue weighted by Gasteiger charge is -2.12. The van der Waals surface area contributed by atoms with Crippen LogP contribution in [0.15, 0.2) is 52.4 Å². The Labute approximate surface area is 154 Å². The average molecular weight is 376 g/mol. The summed E-state index contributed by atoms with van der Waals surface area (Å²) in [4.78, 5) is 8.85. The molecule has 1 aromatic carbocycles. The van der Waals surface area contributed by atoms with Crippen LogP contribution in [0, 0.1) is 0 Å². The SMILES string of the molecule is CN=C(NCCc1ccc(S(C)(=O)=O)cc1)NCc1cccc(OC)n1. The highest BCUT2D eigenvalue weighted by atomic mass is 32.2. The maximum Gasteiger partial charge on any atom is 0.213 e. The van der Waals surface area contributed by atoms with E-state index in [2.05, 4.69) is 20.6 Å². The molecule has 0 spiro atoms. The van der Waals surface area contributed by atoms with Gasteiger partial charge in [-0.3, -0.25) is 4.99 Å². The Morgan fingerprint density at radius 3 is 2.50 bits per heavy atom. The van der Waals surface area contributed by atoms with E-state index < -0.39 is 9.84 Å². The van der Waals surface area contributed by atoms with E-state index in [1.807, 2.05) is 24.3 Å². The van der Waals surface area contributed by atoms with E-state index >= 15 is 0 Å². The minimum absolute atomic E-state index is 0.331. The number of hydrogen-bond donors (Lipinski definition) is 2. The quantitative estimate of drug-likeness (QED) is 0.561. The standard InChI is InChI=1S/C18H24N4O3S/c1-19-18(21-13-15-5-4-6-17(22-15)25-2)20-12-11-14-7-9-16(10-8-14)26(3,23)24/h4-10H,11-13H2,1-3H3,(H2,19,20,21). The number of pyridine rings is 1. The first-order valence-electron chi connectivity index (χ1n) is 8.16. The van der Waals surface area contributed by atoms with Crippen LogP contribution in [-0.4, -0.2) is 46.3 Å². The lowest BCUT2D eigenvalue weighted by molar-refractivity contribution is 0.396. The van der Waals surface area contributed by atoms with Gasteiger partial charge in [0.15, 0.2) is 15.8 Å². The van der Waals surface area contributed by atoms with Gasteiger partial charge in [0.2, 0.25) is 5.88 Å². The second kappa shape index (κ2) is 9.19. The van der Waals surface area contributed by atoms with Crippen molar-refractivity contribution < 1.29 is 13.2 Å². The second-order valence-corrected chi connectivity index (χ2v) is 7.71. The molecule has 0 bridgehead atoms. The van der Waals surface area contributed by atoms with E-state index in [1.54, 1.807) is 32.4 Å². The van der Waals surface area contributed by atoms with Crippen molar-refractivity contribution in [3.8, 4) is 5.88 Å². The van der Waals surface area contributed by atoms with Gasteiger partial charge in [0.25, 0.3) is 0 Å². The molecule has 2 aromatic rings. The number of hydrogen-bond acceptors (Lipinski definition) is 5. The summed E-state index contributed by atoms with van der Waals surface area (Å²) in [5.41, 5.74) is 1.90. The molecule has 0 radical (unpaired) electrons. The minimum atomic E-state index is -3.16. The van der Waals surface area contributed by atoms with Crippen molar-refractivity contribution >= 4 is 15.8 Å². The third kappa shape index (κ3) is 6.03. The molecular weight excluding hydrogens is 352 g/mol. The Balaban J connectivity index is 1.81. The summed E-state index contributed by atoms with van der Waals surface area (Å²) in [5, 5.41) is 6.42. The summed E-state index contributed by atoms with van der Waals surface area (Å²) < 4.78 is 28.0. The maximum absolute atomic E-state index is 11.5. The summed E-state index contributed by atoms with van der Waals surface area (Å²) in [6.45, 7) is 1.20. The summed E-state index contributed by atoms with van der Waals surface area (Å²) in [6.07, 6.45) is 1.96. The van der Waals surface area contributed by atoms with Gasteiger partial charge in [-0.15, -0.1) is 0 Å². The highest BCUT2D eigenvalue weighted by molar-refractivity contribution is 7.90. The Morgan fingerprint density at radius 2 is 1.88 bits per heavy atom. The molecular formula is C18H24N4O3S. The van der Waals surface area contributed by atoms with E-state index in [4.69, 9.17) is 4.74 Å². The molecule has 0 saturated carbocycles. The molecule has 140 valence electrons. The number of nitrogens with zero attached hydrogens (tertiary/aromatic N) is 2. The first kappa shape index (κ1) is 19.7. The van der Waals surface area contributed by atoms with Gasteiger partial charge in [0.05, 0.1) is 24.2 Å². The van der Waals surface area contributed by atoms with Crippen molar-refractivity contribution in [3.63, 3.8) is 0 Å². The number of rotatable bonds is 7. The Kier molecular flexibility index (Phi) is 6.97. The monoisotopic (exact) mass is 376 g/mol. The lowest BCUT2D eigenvalue weighted by atomic mass is 10.1. The van der Waals surface area contributed by atoms with Gasteiger partial charge in [-0.25, -0.2) is 13.4 Å². The van der Waals surface area contributed by atoms with Crippen molar-refractivity contribution in [3.05, 3.63) is 53.7 Å². The van der Waals surface area contributed by atoms with Gasteiger partial charge >= 0.3 is 0 Å². The molecule has 0 fully saturated rings. The van der Waals surface area contributed by atoms with Crippen LogP contribution in [0.1, 0.15) is 11.3 Å². The van der Waals surface area contributed by atoms with Crippen LogP contribution in [0.5, 0.6) is 5.88 Å². The zero-order valence-corrected chi connectivity index (χ0v) is 16.0. The number of guanidine groups is 1. The van der Waals surface area contributed by atoms with E-state index in [9.17, 15) is 8.42 Å². The fourth-order valence-electron chi connectivity index (χ4n) is 2.29. The predicted octanol–water partition coefficient (Wildman–Crippen LogP) is 1.40. The van der Waals surface area contributed by atoms with E-state index in [0.717, 1.165) is 17.7 Å². The molecule has 0 unspecified atom stereocenters. The molecule has 1 heterocycles. The zero-order chi connectivity index (χ0) is 19.0. The Bertz CT molecular complexity index is 849. The molecule has 0 aliphatic heterocycles. The molecule has 2 rings (SSSR count). The molecule has 2 N–H and O–H groups in total. The molecule has 0 atom stereocenters. The van der Waals surface area contributed by atoms with Crippen molar-refractivity contribution in [2.24, 2.45) is 4.99 Å². The maximum atomic E-state index is 11.5. The predicted molar refractivity (Wildman–Crippen MR) is 102 cm³/mol. The van der Waals surface area contributed by atoms with Crippen molar-refractivity contribution in [2.75, 3.05) is 27.0 Å². The van der Waals surface area contributed by atoms with Crippen molar-refractivity contribution in [2.45, 2.75) is 17.9 Å². The highest BCUT2D eigenvalue weighted by Crippen LogP contribution is 2.10. The fourth-order valence-corrected chi connectivity index (χ4v) is 2.92. The molecule has 8 heteroatoms. The largest absolute Gasteiger partial charge is 0.481 e. The van der Waals surface area contributed by atoms with Gasteiger partial charge in [0.1, 0.15) is 0 Å². The van der Waals surface area contributed by atoms with Crippen LogP contribution in [0.4, 0.5) is 0 Å². The number of nitrogens with one attached hydrogen (secondary N) is 2. The molecule has 0 aliphatic carbocycles. The van der Waals surface area contributed by atoms with Gasteiger partial charge in [-0.2, -0.15) is 0 Å². The minimum Gasteiger partial charge on any atom is -0.481 e. The van der Waals surface area contributed by atoms with Crippen molar-refractivity contribution in [1.29, 1.82) is 0 Å². The number of ether oxygens (including phenoxy) is 1. The zero-order valence-electron chi connectivity index (χ0n) is 15.2. The Hall–Kier alpha value is -2.61. The number of sulfone groups is 1. The number of aromatic nitrogens is 1. The summed E-state index contributed by atoms with van der Waals surface area (Å²) >= 11 is 0. The molecule has 0 saturated heterocycles. The summed E-state index contributed by atoms with van der Waals surface area (Å²) in [6, 6.07) is 12.5. The van der Waals surface area contributed by atoms with Crippen LogP contribution in [-0.2, 0) is 22.8 Å².